The van der Waals surface area contributed by atoms with Gasteiger partial charge in [-0.2, -0.15) is 0 Å². The fraction of sp³-hybridized carbons (Fsp3) is 0.440. The highest BCUT2D eigenvalue weighted by molar-refractivity contribution is 6.00. The van der Waals surface area contributed by atoms with Gasteiger partial charge in [-0.1, -0.05) is 12.1 Å². The Hall–Kier alpha value is -4.22. The Morgan fingerprint density at radius 3 is 1.92 bits per heavy atom. The predicted octanol–water partition coefficient (Wildman–Crippen LogP) is 2.33. The van der Waals surface area contributed by atoms with E-state index in [2.05, 4.69) is 5.32 Å². The molecular weight excluding hydrogens is 488 g/mol. The van der Waals surface area contributed by atoms with Crippen LogP contribution >= 0.6 is 0 Å². The lowest BCUT2D eigenvalue weighted by Crippen LogP contribution is -2.34. The van der Waals surface area contributed by atoms with Gasteiger partial charge in [0.1, 0.15) is 25.4 Å². The lowest BCUT2D eigenvalue weighted by Gasteiger charge is -2.30. The summed E-state index contributed by atoms with van der Waals surface area (Å²) in [6.07, 6.45) is 0.159. The Labute approximate surface area is 211 Å². The molecule has 0 spiro atoms. The fourth-order valence-corrected chi connectivity index (χ4v) is 4.58. The first-order valence-corrected chi connectivity index (χ1v) is 11.8. The van der Waals surface area contributed by atoms with Crippen LogP contribution in [-0.4, -0.2) is 54.2 Å². The molecule has 3 heterocycles. The molecule has 1 aromatic rings. The van der Waals surface area contributed by atoms with Gasteiger partial charge < -0.3 is 24.3 Å². The molecule has 1 N–H and O–H groups in total. The van der Waals surface area contributed by atoms with Crippen molar-refractivity contribution in [3.63, 3.8) is 0 Å². The van der Waals surface area contributed by atoms with Gasteiger partial charge in [0, 0.05) is 36.4 Å². The predicted molar refractivity (Wildman–Crippen MR) is 125 cm³/mol. The maximum Gasteiger partial charge on any atom is 0.336 e. The van der Waals surface area contributed by atoms with Crippen molar-refractivity contribution in [3.8, 4) is 0 Å². The van der Waals surface area contributed by atoms with Crippen molar-refractivity contribution in [1.29, 1.82) is 0 Å². The number of nitro benzene ring substituents is 1. The van der Waals surface area contributed by atoms with Crippen molar-refractivity contribution in [3.05, 3.63) is 62.5 Å². The zero-order chi connectivity index (χ0) is 26.7. The lowest BCUT2D eigenvalue weighted by atomic mass is 9.80. The summed E-state index contributed by atoms with van der Waals surface area (Å²) < 4.78 is 21.1. The van der Waals surface area contributed by atoms with E-state index in [9.17, 15) is 29.3 Å². The lowest BCUT2D eigenvalue weighted by molar-refractivity contribution is -0.384. The Kier molecular flexibility index (Phi) is 7.55. The zero-order valence-electron chi connectivity index (χ0n) is 20.3. The standard InChI is InChI=1S/C25H26N2O10/c1-13-21(24(30)34-11-17-6-8-19(28)36-17)23(15-4-3-5-16(10-15)27(32)33)22(14(2)26-13)25(31)35-12-18-7-9-20(29)37-18/h3-5,10,17-18,23,26H,6-9,11-12H2,1-2H3. The number of allylic oxidation sites excluding steroid dienone is 2. The first-order valence-electron chi connectivity index (χ1n) is 11.8. The third-order valence-corrected chi connectivity index (χ3v) is 6.35. The van der Waals surface area contributed by atoms with Crippen molar-refractivity contribution < 1.29 is 43.0 Å². The van der Waals surface area contributed by atoms with E-state index >= 15 is 0 Å². The average Bonchev–Trinajstić information content (AvgIpc) is 3.47. The van der Waals surface area contributed by atoms with Crippen LogP contribution in [0.5, 0.6) is 0 Å². The van der Waals surface area contributed by atoms with Gasteiger partial charge >= 0.3 is 23.9 Å². The molecular formula is C25H26N2O10. The van der Waals surface area contributed by atoms with E-state index in [4.69, 9.17) is 18.9 Å². The summed E-state index contributed by atoms with van der Waals surface area (Å²) in [4.78, 5) is 60.2. The molecule has 0 bridgehead atoms. The van der Waals surface area contributed by atoms with Crippen molar-refractivity contribution in [2.24, 2.45) is 0 Å². The van der Waals surface area contributed by atoms with Crippen molar-refractivity contribution in [2.45, 2.75) is 57.7 Å². The maximum atomic E-state index is 13.3. The van der Waals surface area contributed by atoms with Crippen LogP contribution in [0.1, 0.15) is 51.0 Å². The molecule has 3 aliphatic heterocycles. The van der Waals surface area contributed by atoms with Crippen LogP contribution < -0.4 is 5.32 Å². The molecule has 0 amide bonds. The average molecular weight is 514 g/mol. The third kappa shape index (κ3) is 5.79. The highest BCUT2D eigenvalue weighted by Gasteiger charge is 2.39. The maximum absolute atomic E-state index is 13.3. The van der Waals surface area contributed by atoms with Crippen molar-refractivity contribution in [2.75, 3.05) is 13.2 Å². The molecule has 4 rings (SSSR count). The number of esters is 4. The molecule has 37 heavy (non-hydrogen) atoms. The summed E-state index contributed by atoms with van der Waals surface area (Å²) in [6.45, 7) is 2.91. The quantitative estimate of drug-likeness (QED) is 0.235. The normalized spacial score (nSPS) is 23.4. The number of benzene rings is 1. The zero-order valence-corrected chi connectivity index (χ0v) is 20.3. The first-order chi connectivity index (χ1) is 17.6. The summed E-state index contributed by atoms with van der Waals surface area (Å²) >= 11 is 0. The molecule has 2 saturated heterocycles. The Morgan fingerprint density at radius 1 is 0.973 bits per heavy atom. The third-order valence-electron chi connectivity index (χ3n) is 6.35. The van der Waals surface area contributed by atoms with Crippen LogP contribution in [0.2, 0.25) is 0 Å². The van der Waals surface area contributed by atoms with Gasteiger partial charge in [0.05, 0.1) is 22.0 Å². The van der Waals surface area contributed by atoms with E-state index in [1.165, 1.54) is 18.2 Å². The number of nitro groups is 1. The van der Waals surface area contributed by atoms with Gasteiger partial charge in [0.15, 0.2) is 0 Å². The van der Waals surface area contributed by atoms with E-state index in [0.29, 0.717) is 29.8 Å². The largest absolute Gasteiger partial charge is 0.459 e. The minimum Gasteiger partial charge on any atom is -0.459 e. The highest BCUT2D eigenvalue weighted by Crippen LogP contribution is 2.40. The molecule has 196 valence electrons. The Balaban J connectivity index is 1.64. The molecule has 0 radical (unpaired) electrons. The van der Waals surface area contributed by atoms with Gasteiger partial charge in [-0.15, -0.1) is 0 Å². The smallest absolute Gasteiger partial charge is 0.336 e. The summed E-state index contributed by atoms with van der Waals surface area (Å²) in [6, 6.07) is 5.62. The number of ether oxygens (including phenoxy) is 4. The molecule has 2 fully saturated rings. The van der Waals surface area contributed by atoms with Crippen LogP contribution in [0.25, 0.3) is 0 Å². The summed E-state index contributed by atoms with van der Waals surface area (Å²) in [5.74, 6) is -3.33. The molecule has 0 saturated carbocycles. The van der Waals surface area contributed by atoms with Crippen molar-refractivity contribution >= 4 is 29.6 Å². The van der Waals surface area contributed by atoms with Crippen LogP contribution in [0.3, 0.4) is 0 Å². The molecule has 1 aromatic carbocycles. The second kappa shape index (κ2) is 10.8. The number of nitrogens with one attached hydrogen (secondary N) is 1. The second-order valence-electron chi connectivity index (χ2n) is 8.99. The van der Waals surface area contributed by atoms with E-state index in [-0.39, 0.29) is 54.8 Å². The van der Waals surface area contributed by atoms with E-state index in [1.54, 1.807) is 19.9 Å². The van der Waals surface area contributed by atoms with Gasteiger partial charge in [0.2, 0.25) is 0 Å². The van der Waals surface area contributed by atoms with E-state index in [1.807, 2.05) is 0 Å². The number of non-ortho nitro benzene ring substituents is 1. The number of hydrogen-bond donors (Lipinski definition) is 1. The van der Waals surface area contributed by atoms with Crippen molar-refractivity contribution in [1.82, 2.24) is 5.32 Å². The summed E-state index contributed by atoms with van der Waals surface area (Å²) in [5.41, 5.74) is 1.01. The molecule has 2 atom stereocenters. The molecule has 0 aliphatic carbocycles. The number of carbonyl (C=O) groups excluding carboxylic acids is 4. The number of cyclic esters (lactones) is 2. The van der Waals surface area contributed by atoms with Crippen LogP contribution in [-0.2, 0) is 38.1 Å². The molecule has 0 aromatic heterocycles. The number of dihydropyridines is 1. The van der Waals surface area contributed by atoms with Crippen LogP contribution in [0.4, 0.5) is 5.69 Å². The number of carbonyl (C=O) groups is 4. The van der Waals surface area contributed by atoms with Gasteiger partial charge in [0.25, 0.3) is 5.69 Å². The van der Waals surface area contributed by atoms with Gasteiger partial charge in [-0.3, -0.25) is 19.7 Å². The van der Waals surface area contributed by atoms with E-state index in [0.717, 1.165) is 0 Å². The number of rotatable bonds is 8. The first kappa shape index (κ1) is 25.9. The summed E-state index contributed by atoms with van der Waals surface area (Å²) in [7, 11) is 0. The minimum atomic E-state index is -1.04. The second-order valence-corrected chi connectivity index (χ2v) is 8.99. The minimum absolute atomic E-state index is 0.0645. The SMILES string of the molecule is CC1=C(C(=O)OCC2CCC(=O)O2)C(c2cccc([N+](=O)[O-])c2)C(C(=O)OCC2CCC(=O)O2)=C(C)N1. The fourth-order valence-electron chi connectivity index (χ4n) is 4.58. The number of hydrogen-bond acceptors (Lipinski definition) is 11. The molecule has 12 nitrogen and oxygen atoms in total. The Bertz CT molecular complexity index is 1150. The summed E-state index contributed by atoms with van der Waals surface area (Å²) in [5, 5.41) is 14.5. The highest BCUT2D eigenvalue weighted by atomic mass is 16.6. The molecule has 2 unspecified atom stereocenters. The monoisotopic (exact) mass is 514 g/mol. The van der Waals surface area contributed by atoms with E-state index < -0.39 is 35.0 Å². The number of nitrogens with zero attached hydrogens (tertiary/aromatic N) is 1. The Morgan fingerprint density at radius 2 is 1.49 bits per heavy atom. The van der Waals surface area contributed by atoms with Crippen LogP contribution in [0.15, 0.2) is 46.8 Å². The van der Waals surface area contributed by atoms with Gasteiger partial charge in [-0.05, 0) is 32.3 Å². The molecule has 12 heteroatoms. The topological polar surface area (TPSA) is 160 Å². The van der Waals surface area contributed by atoms with Gasteiger partial charge in [-0.25, -0.2) is 9.59 Å². The van der Waals surface area contributed by atoms with Crippen LogP contribution in [0, 0.1) is 10.1 Å². The molecule has 3 aliphatic rings.